The maximum absolute atomic E-state index is 10.3. The molecule has 0 aliphatic carbocycles. The summed E-state index contributed by atoms with van der Waals surface area (Å²) in [5.41, 5.74) is 0. The van der Waals surface area contributed by atoms with E-state index in [4.69, 9.17) is 5.11 Å². The van der Waals surface area contributed by atoms with Crippen molar-refractivity contribution in [3.63, 3.8) is 0 Å². The van der Waals surface area contributed by atoms with Gasteiger partial charge in [-0.05, 0) is 71.2 Å². The summed E-state index contributed by atoms with van der Waals surface area (Å²) >= 11 is 0. The zero-order chi connectivity index (χ0) is 13.2. The Kier molecular flexibility index (Phi) is 8.01. The molecule has 1 heterocycles. The monoisotopic (exact) mass is 256 g/mol. The Morgan fingerprint density at radius 2 is 1.94 bits per heavy atom. The molecule has 106 valence electrons. The van der Waals surface area contributed by atoms with Crippen LogP contribution in [0.25, 0.3) is 0 Å². The quantitative estimate of drug-likeness (QED) is 0.619. The molecule has 18 heavy (non-hydrogen) atoms. The summed E-state index contributed by atoms with van der Waals surface area (Å²) in [6.07, 6.45) is 7.23. The van der Waals surface area contributed by atoms with Gasteiger partial charge in [0.25, 0.3) is 0 Å². The molecule has 0 radical (unpaired) electrons. The first-order valence-corrected chi connectivity index (χ1v) is 7.29. The molecule has 0 aromatic rings. The molecule has 0 spiro atoms. The molecule has 0 aromatic carbocycles. The molecule has 0 amide bonds. The maximum Gasteiger partial charge on any atom is 0.303 e. The average molecular weight is 256 g/mol. The third-order valence-electron chi connectivity index (χ3n) is 3.81. The summed E-state index contributed by atoms with van der Waals surface area (Å²) in [5, 5.41) is 12.0. The van der Waals surface area contributed by atoms with E-state index in [-0.39, 0.29) is 0 Å². The van der Waals surface area contributed by atoms with Gasteiger partial charge in [0, 0.05) is 6.42 Å². The fourth-order valence-corrected chi connectivity index (χ4v) is 2.48. The Balaban J connectivity index is 1.82. The molecule has 4 heteroatoms. The molecule has 0 unspecified atom stereocenters. The number of unbranched alkanes of at least 4 members (excludes halogenated alkanes) is 2. The Hall–Kier alpha value is -0.610. The molecule has 1 aliphatic rings. The number of carbonyl (C=O) groups is 1. The number of carboxylic acids is 1. The first kappa shape index (κ1) is 15.4. The number of likely N-dealkylation sites (tertiary alicyclic amines) is 1. The van der Waals surface area contributed by atoms with Crippen molar-refractivity contribution in [1.29, 1.82) is 0 Å². The number of hydrogen-bond donors (Lipinski definition) is 2. The van der Waals surface area contributed by atoms with Gasteiger partial charge in [0.05, 0.1) is 0 Å². The van der Waals surface area contributed by atoms with Gasteiger partial charge >= 0.3 is 5.97 Å². The van der Waals surface area contributed by atoms with Crippen molar-refractivity contribution in [3.8, 4) is 0 Å². The molecule has 0 bridgehead atoms. The number of piperidine rings is 1. The van der Waals surface area contributed by atoms with Crippen molar-refractivity contribution in [2.45, 2.75) is 44.9 Å². The summed E-state index contributed by atoms with van der Waals surface area (Å²) in [4.78, 5) is 12.7. The van der Waals surface area contributed by atoms with Crippen molar-refractivity contribution in [1.82, 2.24) is 10.2 Å². The fourth-order valence-electron chi connectivity index (χ4n) is 2.48. The Labute approximate surface area is 111 Å². The summed E-state index contributed by atoms with van der Waals surface area (Å²) in [6, 6.07) is 0. The second-order valence-electron chi connectivity index (χ2n) is 5.49. The van der Waals surface area contributed by atoms with Crippen LogP contribution in [-0.2, 0) is 4.79 Å². The van der Waals surface area contributed by atoms with E-state index in [1.807, 2.05) is 0 Å². The highest BCUT2D eigenvalue weighted by Crippen LogP contribution is 2.18. The molecule has 0 saturated carbocycles. The predicted molar refractivity (Wildman–Crippen MR) is 73.8 cm³/mol. The van der Waals surface area contributed by atoms with Crippen molar-refractivity contribution in [3.05, 3.63) is 0 Å². The molecule has 0 atom stereocenters. The van der Waals surface area contributed by atoms with Gasteiger partial charge in [-0.15, -0.1) is 0 Å². The Morgan fingerprint density at radius 3 is 2.61 bits per heavy atom. The van der Waals surface area contributed by atoms with Gasteiger partial charge in [-0.1, -0.05) is 6.42 Å². The minimum absolute atomic E-state index is 0.315. The highest BCUT2D eigenvalue weighted by atomic mass is 16.4. The zero-order valence-corrected chi connectivity index (χ0v) is 11.7. The molecular formula is C14H28N2O2. The predicted octanol–water partition coefficient (Wildman–Crippen LogP) is 1.95. The summed E-state index contributed by atoms with van der Waals surface area (Å²) in [5.74, 6) is 0.228. The van der Waals surface area contributed by atoms with E-state index >= 15 is 0 Å². The number of aliphatic carboxylic acids is 1. The summed E-state index contributed by atoms with van der Waals surface area (Å²) < 4.78 is 0. The SMILES string of the molecule is CN1CCC(CCNCCCCCC(=O)O)CC1. The van der Waals surface area contributed by atoms with Gasteiger partial charge in [0.1, 0.15) is 0 Å². The molecule has 1 fully saturated rings. The Bertz CT molecular complexity index is 226. The van der Waals surface area contributed by atoms with E-state index < -0.39 is 5.97 Å². The summed E-state index contributed by atoms with van der Waals surface area (Å²) in [7, 11) is 2.20. The lowest BCUT2D eigenvalue weighted by Crippen LogP contribution is -2.31. The standard InChI is InChI=1S/C14H28N2O2/c1-16-11-7-13(8-12-16)6-10-15-9-4-2-3-5-14(17)18/h13,15H,2-12H2,1H3,(H,17,18). The zero-order valence-electron chi connectivity index (χ0n) is 11.7. The molecule has 4 nitrogen and oxygen atoms in total. The van der Waals surface area contributed by atoms with Crippen molar-refractivity contribution >= 4 is 5.97 Å². The van der Waals surface area contributed by atoms with E-state index in [1.165, 1.54) is 32.4 Å². The minimum atomic E-state index is -0.676. The van der Waals surface area contributed by atoms with Crippen LogP contribution in [0.1, 0.15) is 44.9 Å². The fraction of sp³-hybridized carbons (Fsp3) is 0.929. The van der Waals surface area contributed by atoms with Crippen LogP contribution >= 0.6 is 0 Å². The van der Waals surface area contributed by atoms with Crippen molar-refractivity contribution in [2.24, 2.45) is 5.92 Å². The molecular weight excluding hydrogens is 228 g/mol. The highest BCUT2D eigenvalue weighted by Gasteiger charge is 2.15. The first-order valence-electron chi connectivity index (χ1n) is 7.29. The Morgan fingerprint density at radius 1 is 1.22 bits per heavy atom. The topological polar surface area (TPSA) is 52.6 Å². The number of rotatable bonds is 9. The second-order valence-corrected chi connectivity index (χ2v) is 5.49. The minimum Gasteiger partial charge on any atom is -0.481 e. The number of hydrogen-bond acceptors (Lipinski definition) is 3. The molecule has 0 aromatic heterocycles. The third-order valence-corrected chi connectivity index (χ3v) is 3.81. The van der Waals surface area contributed by atoms with Crippen molar-refractivity contribution in [2.75, 3.05) is 33.2 Å². The molecule has 1 saturated heterocycles. The van der Waals surface area contributed by atoms with Crippen LogP contribution in [0.2, 0.25) is 0 Å². The van der Waals surface area contributed by atoms with E-state index in [0.29, 0.717) is 6.42 Å². The summed E-state index contributed by atoms with van der Waals surface area (Å²) in [6.45, 7) is 4.65. The van der Waals surface area contributed by atoms with E-state index in [2.05, 4.69) is 17.3 Å². The van der Waals surface area contributed by atoms with Crippen LogP contribution in [-0.4, -0.2) is 49.2 Å². The third kappa shape index (κ3) is 7.67. The lowest BCUT2D eigenvalue weighted by molar-refractivity contribution is -0.137. The average Bonchev–Trinajstić information content (AvgIpc) is 2.34. The molecule has 1 aliphatic heterocycles. The van der Waals surface area contributed by atoms with Crippen LogP contribution in [0.3, 0.4) is 0 Å². The van der Waals surface area contributed by atoms with Crippen LogP contribution in [0.15, 0.2) is 0 Å². The van der Waals surface area contributed by atoms with Crippen LogP contribution in [0.5, 0.6) is 0 Å². The molecule has 2 N–H and O–H groups in total. The second kappa shape index (κ2) is 9.34. The van der Waals surface area contributed by atoms with E-state index in [1.54, 1.807) is 0 Å². The smallest absolute Gasteiger partial charge is 0.303 e. The van der Waals surface area contributed by atoms with Gasteiger partial charge in [-0.2, -0.15) is 0 Å². The number of carboxylic acid groups (broad SMARTS) is 1. The van der Waals surface area contributed by atoms with E-state index in [9.17, 15) is 4.79 Å². The van der Waals surface area contributed by atoms with Gasteiger partial charge in [-0.3, -0.25) is 4.79 Å². The normalized spacial score (nSPS) is 18.1. The lowest BCUT2D eigenvalue weighted by atomic mass is 9.94. The number of nitrogens with zero attached hydrogens (tertiary/aromatic N) is 1. The van der Waals surface area contributed by atoms with Crippen molar-refractivity contribution < 1.29 is 9.90 Å². The van der Waals surface area contributed by atoms with Crippen LogP contribution < -0.4 is 5.32 Å². The highest BCUT2D eigenvalue weighted by molar-refractivity contribution is 5.66. The van der Waals surface area contributed by atoms with E-state index in [0.717, 1.165) is 38.3 Å². The largest absolute Gasteiger partial charge is 0.481 e. The van der Waals surface area contributed by atoms with Gasteiger partial charge < -0.3 is 15.3 Å². The lowest BCUT2D eigenvalue weighted by Gasteiger charge is -2.28. The number of nitrogens with one attached hydrogen (secondary N) is 1. The first-order chi connectivity index (χ1) is 8.68. The maximum atomic E-state index is 10.3. The van der Waals surface area contributed by atoms with Crippen LogP contribution in [0, 0.1) is 5.92 Å². The van der Waals surface area contributed by atoms with Gasteiger partial charge in [-0.25, -0.2) is 0 Å². The van der Waals surface area contributed by atoms with Crippen LogP contribution in [0.4, 0.5) is 0 Å². The van der Waals surface area contributed by atoms with Gasteiger partial charge in [0.2, 0.25) is 0 Å². The molecule has 1 rings (SSSR count). The van der Waals surface area contributed by atoms with Gasteiger partial charge in [0.15, 0.2) is 0 Å².